The first kappa shape index (κ1) is 20.9. The highest BCUT2D eigenvalue weighted by Gasteiger charge is 2.31. The smallest absolute Gasteiger partial charge is 0.416 e. The van der Waals surface area contributed by atoms with E-state index in [0.29, 0.717) is 16.6 Å². The normalized spacial score (nSPS) is 12.1. The van der Waals surface area contributed by atoms with Gasteiger partial charge in [-0.15, -0.1) is 0 Å². The number of halogens is 5. The maximum Gasteiger partial charge on any atom is 0.416 e. The van der Waals surface area contributed by atoms with Gasteiger partial charge < -0.3 is 4.74 Å². The van der Waals surface area contributed by atoms with Crippen molar-refractivity contribution in [3.05, 3.63) is 70.1 Å². The molecule has 3 rings (SSSR count). The van der Waals surface area contributed by atoms with E-state index in [9.17, 15) is 22.4 Å². The fourth-order valence-electron chi connectivity index (χ4n) is 2.77. The Bertz CT molecular complexity index is 1090. The van der Waals surface area contributed by atoms with Crippen molar-refractivity contribution >= 4 is 34.5 Å². The van der Waals surface area contributed by atoms with Crippen molar-refractivity contribution in [1.82, 2.24) is 9.78 Å². The second kappa shape index (κ2) is 8.24. The molecular weight excluding hydrogens is 412 g/mol. The van der Waals surface area contributed by atoms with Gasteiger partial charge in [0.15, 0.2) is 0 Å². The summed E-state index contributed by atoms with van der Waals surface area (Å²) in [5, 5.41) is 4.85. The summed E-state index contributed by atoms with van der Waals surface area (Å²) >= 11 is 6.04. The number of aromatic nitrogens is 2. The predicted octanol–water partition coefficient (Wildman–Crippen LogP) is 5.47. The number of nitrogens with zero attached hydrogens (tertiary/aromatic N) is 2. The Kier molecular flexibility index (Phi) is 5.93. The van der Waals surface area contributed by atoms with Crippen molar-refractivity contribution in [2.24, 2.45) is 0 Å². The van der Waals surface area contributed by atoms with Gasteiger partial charge in [0.1, 0.15) is 5.82 Å². The van der Waals surface area contributed by atoms with E-state index in [4.69, 9.17) is 16.3 Å². The number of esters is 1. The third-order valence-corrected chi connectivity index (χ3v) is 4.46. The second-order valence-electron chi connectivity index (χ2n) is 6.09. The van der Waals surface area contributed by atoms with Crippen molar-refractivity contribution in [3.63, 3.8) is 0 Å². The minimum Gasteiger partial charge on any atom is -0.463 e. The molecule has 1 heterocycles. The lowest BCUT2D eigenvalue weighted by atomic mass is 10.1. The van der Waals surface area contributed by atoms with Gasteiger partial charge in [0, 0.05) is 16.5 Å². The molecule has 2 aromatic carbocycles. The Balaban J connectivity index is 2.09. The molecule has 0 saturated heterocycles. The highest BCUT2D eigenvalue weighted by atomic mass is 35.5. The van der Waals surface area contributed by atoms with E-state index in [0.717, 1.165) is 24.3 Å². The van der Waals surface area contributed by atoms with E-state index in [1.54, 1.807) is 6.92 Å². The first-order valence-electron chi connectivity index (χ1n) is 8.55. The van der Waals surface area contributed by atoms with Gasteiger partial charge in [0.2, 0.25) is 0 Å². The maximum absolute atomic E-state index is 13.3. The number of hydrogen-bond donors (Lipinski definition) is 0. The van der Waals surface area contributed by atoms with Gasteiger partial charge in [0.25, 0.3) is 0 Å². The molecule has 0 unspecified atom stereocenters. The van der Waals surface area contributed by atoms with Crippen LogP contribution in [-0.4, -0.2) is 22.4 Å². The molecule has 0 atom stereocenters. The molecule has 0 bridgehead atoms. The third kappa shape index (κ3) is 4.76. The number of carbonyl (C=O) groups excluding carboxylic acids is 1. The average Bonchev–Trinajstić information content (AvgIpc) is 2.99. The Morgan fingerprint density at radius 2 is 2.00 bits per heavy atom. The summed E-state index contributed by atoms with van der Waals surface area (Å²) in [4.78, 5) is 11.6. The van der Waals surface area contributed by atoms with E-state index in [-0.39, 0.29) is 23.7 Å². The van der Waals surface area contributed by atoms with Crippen LogP contribution in [0.2, 0.25) is 5.02 Å². The minimum absolute atomic E-state index is 0.0180. The number of fused-ring (bicyclic) bond motifs is 1. The molecule has 3 aromatic rings. The van der Waals surface area contributed by atoms with Crippen molar-refractivity contribution in [2.75, 3.05) is 6.61 Å². The Morgan fingerprint density at radius 1 is 1.24 bits per heavy atom. The van der Waals surface area contributed by atoms with Crippen LogP contribution in [0.15, 0.2) is 42.5 Å². The summed E-state index contributed by atoms with van der Waals surface area (Å²) < 4.78 is 58.9. The fraction of sp³-hybridized carbons (Fsp3) is 0.200. The molecule has 0 spiro atoms. The summed E-state index contributed by atoms with van der Waals surface area (Å²) in [7, 11) is 0. The molecule has 1 aromatic heterocycles. The van der Waals surface area contributed by atoms with Crippen LogP contribution >= 0.6 is 11.6 Å². The lowest BCUT2D eigenvalue weighted by Crippen LogP contribution is -2.06. The summed E-state index contributed by atoms with van der Waals surface area (Å²) in [6.45, 7) is 1.86. The zero-order chi connectivity index (χ0) is 21.2. The number of carbonyl (C=O) groups is 1. The quantitative estimate of drug-likeness (QED) is 0.308. The van der Waals surface area contributed by atoms with Crippen LogP contribution in [0.4, 0.5) is 17.6 Å². The summed E-state index contributed by atoms with van der Waals surface area (Å²) in [5.41, 5.74) is 0.136. The van der Waals surface area contributed by atoms with E-state index in [2.05, 4.69) is 5.10 Å². The molecule has 0 aliphatic rings. The summed E-state index contributed by atoms with van der Waals surface area (Å²) in [5.74, 6) is -1.12. The van der Waals surface area contributed by atoms with E-state index >= 15 is 0 Å². The summed E-state index contributed by atoms with van der Waals surface area (Å²) in [6.07, 6.45) is -2.01. The molecule has 9 heteroatoms. The van der Waals surface area contributed by atoms with Crippen LogP contribution in [0, 0.1) is 5.82 Å². The first-order valence-corrected chi connectivity index (χ1v) is 8.93. The SMILES string of the molecule is CCOC(=O)/C=C/c1nn(Cc2ccc(F)cc2Cl)c2cc(C(F)(F)F)ccc12. The maximum atomic E-state index is 13.3. The monoisotopic (exact) mass is 426 g/mol. The molecule has 0 fully saturated rings. The van der Waals surface area contributed by atoms with Gasteiger partial charge in [0.05, 0.1) is 29.9 Å². The van der Waals surface area contributed by atoms with Crippen LogP contribution in [0.3, 0.4) is 0 Å². The van der Waals surface area contributed by atoms with Gasteiger partial charge in [-0.1, -0.05) is 17.7 Å². The van der Waals surface area contributed by atoms with Crippen molar-refractivity contribution < 1.29 is 27.1 Å². The molecule has 0 N–H and O–H groups in total. The average molecular weight is 427 g/mol. The van der Waals surface area contributed by atoms with Crippen LogP contribution in [0.5, 0.6) is 0 Å². The van der Waals surface area contributed by atoms with Crippen molar-refractivity contribution in [1.29, 1.82) is 0 Å². The van der Waals surface area contributed by atoms with Crippen molar-refractivity contribution in [3.8, 4) is 0 Å². The number of hydrogen-bond acceptors (Lipinski definition) is 3. The fourth-order valence-corrected chi connectivity index (χ4v) is 3.00. The van der Waals surface area contributed by atoms with E-state index < -0.39 is 23.5 Å². The molecule has 0 aliphatic heterocycles. The minimum atomic E-state index is -4.53. The number of alkyl halides is 3. The Labute approximate surface area is 168 Å². The molecule has 0 amide bonds. The molecule has 4 nitrogen and oxygen atoms in total. The van der Waals surface area contributed by atoms with Crippen LogP contribution < -0.4 is 0 Å². The van der Waals surface area contributed by atoms with Gasteiger partial charge >= 0.3 is 12.1 Å². The van der Waals surface area contributed by atoms with E-state index in [1.165, 1.54) is 29.0 Å². The standard InChI is InChI=1S/C20H15ClF4N2O2/c1-2-29-19(28)8-7-17-15-6-4-13(20(23,24)25)9-18(15)27(26-17)11-12-3-5-14(22)10-16(12)21/h3-10H,2,11H2,1H3/b8-7+. The Hall–Kier alpha value is -2.87. The molecule has 29 heavy (non-hydrogen) atoms. The predicted molar refractivity (Wildman–Crippen MR) is 101 cm³/mol. The van der Waals surface area contributed by atoms with Crippen LogP contribution in [0.1, 0.15) is 23.7 Å². The molecule has 0 aliphatic carbocycles. The zero-order valence-corrected chi connectivity index (χ0v) is 15.9. The lowest BCUT2D eigenvalue weighted by molar-refractivity contribution is -0.138. The molecule has 0 saturated carbocycles. The van der Waals surface area contributed by atoms with Gasteiger partial charge in [-0.3, -0.25) is 4.68 Å². The molecular formula is C20H15ClF4N2O2. The van der Waals surface area contributed by atoms with Gasteiger partial charge in [-0.2, -0.15) is 18.3 Å². The van der Waals surface area contributed by atoms with Crippen molar-refractivity contribution in [2.45, 2.75) is 19.6 Å². The number of rotatable bonds is 5. The van der Waals surface area contributed by atoms with Crippen LogP contribution in [-0.2, 0) is 22.3 Å². The zero-order valence-electron chi connectivity index (χ0n) is 15.1. The lowest BCUT2D eigenvalue weighted by Gasteiger charge is -2.09. The molecule has 152 valence electrons. The van der Waals surface area contributed by atoms with Crippen LogP contribution in [0.25, 0.3) is 17.0 Å². The largest absolute Gasteiger partial charge is 0.463 e. The number of ether oxygens (including phenoxy) is 1. The van der Waals surface area contributed by atoms with E-state index in [1.807, 2.05) is 0 Å². The Morgan fingerprint density at radius 3 is 2.66 bits per heavy atom. The first-order chi connectivity index (χ1) is 13.7. The van der Waals surface area contributed by atoms with Gasteiger partial charge in [-0.05, 0) is 48.9 Å². The topological polar surface area (TPSA) is 44.1 Å². The van der Waals surface area contributed by atoms with Gasteiger partial charge in [-0.25, -0.2) is 9.18 Å². The highest BCUT2D eigenvalue weighted by molar-refractivity contribution is 6.31. The number of benzene rings is 2. The second-order valence-corrected chi connectivity index (χ2v) is 6.50. The third-order valence-electron chi connectivity index (χ3n) is 4.11. The highest BCUT2D eigenvalue weighted by Crippen LogP contribution is 2.33. The molecule has 0 radical (unpaired) electrons. The summed E-state index contributed by atoms with van der Waals surface area (Å²) in [6, 6.07) is 6.97.